The van der Waals surface area contributed by atoms with E-state index in [4.69, 9.17) is 0 Å². The average Bonchev–Trinajstić information content (AvgIpc) is 2.79. The van der Waals surface area contributed by atoms with Gasteiger partial charge in [0, 0.05) is 11.4 Å². The molecule has 0 atom stereocenters. The molecule has 17 heavy (non-hydrogen) atoms. The highest BCUT2D eigenvalue weighted by molar-refractivity contribution is 5.89. The summed E-state index contributed by atoms with van der Waals surface area (Å²) in [6.45, 7) is 4.13. The number of carbonyl (C=O) groups excluding carboxylic acids is 1. The van der Waals surface area contributed by atoms with Gasteiger partial charge >= 0.3 is 6.03 Å². The SMILES string of the molecule is CCC(CC)NC(=O)n1ncc2ccccc21. The van der Waals surface area contributed by atoms with Crippen molar-refractivity contribution in [3.63, 3.8) is 0 Å². The molecule has 0 bridgehead atoms. The Bertz CT molecular complexity index is 514. The van der Waals surface area contributed by atoms with E-state index in [1.54, 1.807) is 6.20 Å². The van der Waals surface area contributed by atoms with Crippen LogP contribution in [0.3, 0.4) is 0 Å². The fourth-order valence-corrected chi connectivity index (χ4v) is 1.86. The van der Waals surface area contributed by atoms with E-state index in [0.717, 1.165) is 23.7 Å². The summed E-state index contributed by atoms with van der Waals surface area (Å²) in [5.74, 6) is 0. The number of para-hydroxylation sites is 1. The number of amides is 1. The summed E-state index contributed by atoms with van der Waals surface area (Å²) in [7, 11) is 0. The molecule has 2 rings (SSSR count). The number of benzene rings is 1. The van der Waals surface area contributed by atoms with Crippen molar-refractivity contribution in [2.24, 2.45) is 0 Å². The van der Waals surface area contributed by atoms with Gasteiger partial charge in [-0.25, -0.2) is 4.79 Å². The van der Waals surface area contributed by atoms with Crippen LogP contribution in [-0.4, -0.2) is 21.9 Å². The first kappa shape index (κ1) is 11.6. The fourth-order valence-electron chi connectivity index (χ4n) is 1.86. The minimum absolute atomic E-state index is 0.153. The van der Waals surface area contributed by atoms with Crippen LogP contribution in [0.15, 0.2) is 30.5 Å². The third-order valence-corrected chi connectivity index (χ3v) is 2.98. The van der Waals surface area contributed by atoms with Gasteiger partial charge < -0.3 is 5.32 Å². The molecule has 0 spiro atoms. The van der Waals surface area contributed by atoms with E-state index >= 15 is 0 Å². The van der Waals surface area contributed by atoms with E-state index in [2.05, 4.69) is 24.3 Å². The van der Waals surface area contributed by atoms with Gasteiger partial charge in [0.05, 0.1) is 11.7 Å². The zero-order valence-corrected chi connectivity index (χ0v) is 10.2. The Hall–Kier alpha value is -1.84. The van der Waals surface area contributed by atoms with E-state index < -0.39 is 0 Å². The van der Waals surface area contributed by atoms with Crippen molar-refractivity contribution in [3.8, 4) is 0 Å². The number of aromatic nitrogens is 2. The number of carbonyl (C=O) groups is 1. The van der Waals surface area contributed by atoms with Gasteiger partial charge in [0.25, 0.3) is 0 Å². The monoisotopic (exact) mass is 231 g/mol. The van der Waals surface area contributed by atoms with Crippen molar-refractivity contribution in [1.82, 2.24) is 15.1 Å². The molecule has 0 aliphatic heterocycles. The summed E-state index contributed by atoms with van der Waals surface area (Å²) in [6, 6.07) is 7.75. The molecule has 1 aromatic heterocycles. The van der Waals surface area contributed by atoms with Crippen LogP contribution in [0.2, 0.25) is 0 Å². The molecule has 0 radical (unpaired) electrons. The number of fused-ring (bicyclic) bond motifs is 1. The molecular formula is C13H17N3O. The summed E-state index contributed by atoms with van der Waals surface area (Å²) in [4.78, 5) is 12.0. The lowest BCUT2D eigenvalue weighted by Gasteiger charge is -2.14. The lowest BCUT2D eigenvalue weighted by atomic mass is 10.2. The molecular weight excluding hydrogens is 214 g/mol. The van der Waals surface area contributed by atoms with Gasteiger partial charge in [-0.2, -0.15) is 9.78 Å². The van der Waals surface area contributed by atoms with Crippen LogP contribution in [0.1, 0.15) is 26.7 Å². The maximum Gasteiger partial charge on any atom is 0.342 e. The Morgan fingerprint density at radius 1 is 1.35 bits per heavy atom. The predicted molar refractivity (Wildman–Crippen MR) is 68.0 cm³/mol. The normalized spacial score (nSPS) is 11.0. The highest BCUT2D eigenvalue weighted by Gasteiger charge is 2.12. The third kappa shape index (κ3) is 2.30. The summed E-state index contributed by atoms with van der Waals surface area (Å²) < 4.78 is 1.42. The van der Waals surface area contributed by atoms with Gasteiger partial charge in [0.1, 0.15) is 0 Å². The van der Waals surface area contributed by atoms with Crippen LogP contribution in [0.4, 0.5) is 4.79 Å². The molecule has 1 N–H and O–H groups in total. The molecule has 1 heterocycles. The Balaban J connectivity index is 2.25. The van der Waals surface area contributed by atoms with E-state index in [0.29, 0.717) is 0 Å². The second-order valence-corrected chi connectivity index (χ2v) is 4.08. The molecule has 0 saturated heterocycles. The zero-order chi connectivity index (χ0) is 12.3. The van der Waals surface area contributed by atoms with Crippen molar-refractivity contribution in [3.05, 3.63) is 30.5 Å². The molecule has 0 aliphatic rings. The number of hydrogen-bond donors (Lipinski definition) is 1. The van der Waals surface area contributed by atoms with Crippen molar-refractivity contribution >= 4 is 16.9 Å². The zero-order valence-electron chi connectivity index (χ0n) is 10.2. The second kappa shape index (κ2) is 4.99. The summed E-state index contributed by atoms with van der Waals surface area (Å²) >= 11 is 0. The lowest BCUT2D eigenvalue weighted by Crippen LogP contribution is -2.37. The van der Waals surface area contributed by atoms with Gasteiger partial charge in [-0.15, -0.1) is 0 Å². The summed E-state index contributed by atoms with van der Waals surface area (Å²) in [5, 5.41) is 8.07. The van der Waals surface area contributed by atoms with E-state index in [9.17, 15) is 4.79 Å². The first-order valence-electron chi connectivity index (χ1n) is 5.99. The molecule has 0 aliphatic carbocycles. The van der Waals surface area contributed by atoms with Crippen LogP contribution in [0.25, 0.3) is 10.9 Å². The predicted octanol–water partition coefficient (Wildman–Crippen LogP) is 2.78. The molecule has 0 saturated carbocycles. The van der Waals surface area contributed by atoms with Crippen molar-refractivity contribution in [2.45, 2.75) is 32.7 Å². The van der Waals surface area contributed by atoms with Crippen molar-refractivity contribution < 1.29 is 4.79 Å². The molecule has 2 aromatic rings. The van der Waals surface area contributed by atoms with Gasteiger partial charge in [0.2, 0.25) is 0 Å². The van der Waals surface area contributed by atoms with Crippen molar-refractivity contribution in [2.75, 3.05) is 0 Å². The minimum atomic E-state index is -0.153. The molecule has 1 amide bonds. The Morgan fingerprint density at radius 3 is 2.76 bits per heavy atom. The fraction of sp³-hybridized carbons (Fsp3) is 0.385. The summed E-state index contributed by atoms with van der Waals surface area (Å²) in [5.41, 5.74) is 0.843. The van der Waals surface area contributed by atoms with Gasteiger partial charge in [-0.1, -0.05) is 32.0 Å². The molecule has 0 unspecified atom stereocenters. The van der Waals surface area contributed by atoms with Gasteiger partial charge in [-0.05, 0) is 18.9 Å². The van der Waals surface area contributed by atoms with E-state index in [-0.39, 0.29) is 12.1 Å². The largest absolute Gasteiger partial charge is 0.342 e. The van der Waals surface area contributed by atoms with Crippen LogP contribution in [0, 0.1) is 0 Å². The van der Waals surface area contributed by atoms with Crippen LogP contribution in [-0.2, 0) is 0 Å². The Labute approximate surface area is 101 Å². The van der Waals surface area contributed by atoms with Crippen LogP contribution < -0.4 is 5.32 Å². The van der Waals surface area contributed by atoms with E-state index in [1.165, 1.54) is 4.68 Å². The van der Waals surface area contributed by atoms with Crippen LogP contribution >= 0.6 is 0 Å². The molecule has 90 valence electrons. The standard InChI is InChI=1S/C13H17N3O/c1-3-11(4-2)15-13(17)16-12-8-6-5-7-10(12)9-14-16/h5-9,11H,3-4H2,1-2H3,(H,15,17). The number of nitrogens with one attached hydrogen (secondary N) is 1. The highest BCUT2D eigenvalue weighted by atomic mass is 16.2. The Morgan fingerprint density at radius 2 is 2.06 bits per heavy atom. The smallest absolute Gasteiger partial charge is 0.333 e. The van der Waals surface area contributed by atoms with Gasteiger partial charge in [0.15, 0.2) is 0 Å². The molecule has 4 nitrogen and oxygen atoms in total. The Kier molecular flexibility index (Phi) is 3.42. The quantitative estimate of drug-likeness (QED) is 0.882. The van der Waals surface area contributed by atoms with E-state index in [1.807, 2.05) is 24.3 Å². The maximum absolute atomic E-state index is 12.0. The average molecular weight is 231 g/mol. The maximum atomic E-state index is 12.0. The highest BCUT2D eigenvalue weighted by Crippen LogP contribution is 2.12. The molecule has 1 aromatic carbocycles. The summed E-state index contributed by atoms with van der Waals surface area (Å²) in [6.07, 6.45) is 3.57. The lowest BCUT2D eigenvalue weighted by molar-refractivity contribution is 0.236. The first-order chi connectivity index (χ1) is 8.26. The number of rotatable bonds is 3. The van der Waals surface area contributed by atoms with Crippen molar-refractivity contribution in [1.29, 1.82) is 0 Å². The first-order valence-corrected chi connectivity index (χ1v) is 5.99. The molecule has 4 heteroatoms. The molecule has 0 fully saturated rings. The topological polar surface area (TPSA) is 46.9 Å². The van der Waals surface area contributed by atoms with Gasteiger partial charge in [-0.3, -0.25) is 0 Å². The second-order valence-electron chi connectivity index (χ2n) is 4.08. The number of nitrogens with zero attached hydrogens (tertiary/aromatic N) is 2. The van der Waals surface area contributed by atoms with Crippen LogP contribution in [0.5, 0.6) is 0 Å². The minimum Gasteiger partial charge on any atom is -0.333 e. The number of hydrogen-bond acceptors (Lipinski definition) is 2. The third-order valence-electron chi connectivity index (χ3n) is 2.98.